The van der Waals surface area contributed by atoms with Crippen LogP contribution in [0, 0.1) is 13.8 Å². The number of thioether (sulfide) groups is 1. The largest absolute Gasteiger partial charge is 0.466 e. The summed E-state index contributed by atoms with van der Waals surface area (Å²) in [6.07, 6.45) is 1.21. The molecule has 2 rings (SSSR count). The Morgan fingerprint density at radius 1 is 1.41 bits per heavy atom. The number of rotatable bonds is 3. The van der Waals surface area contributed by atoms with Gasteiger partial charge < -0.3 is 4.74 Å². The monoisotopic (exact) mass is 318 g/mol. The lowest BCUT2D eigenvalue weighted by atomic mass is 10.1. The quantitative estimate of drug-likeness (QED) is 0.635. The smallest absolute Gasteiger partial charge is 0.331 e. The molecule has 0 spiro atoms. The number of benzene rings is 1. The van der Waals surface area contributed by atoms with Crippen molar-refractivity contribution in [3.8, 4) is 0 Å². The summed E-state index contributed by atoms with van der Waals surface area (Å²) in [5.41, 5.74) is 2.89. The number of methoxy groups -OCH3 is 1. The van der Waals surface area contributed by atoms with Crippen molar-refractivity contribution >= 4 is 34.5 Å². The summed E-state index contributed by atoms with van der Waals surface area (Å²) in [5, 5.41) is 0.578. The van der Waals surface area contributed by atoms with Crippen molar-refractivity contribution in [2.24, 2.45) is 4.99 Å². The molecule has 22 heavy (non-hydrogen) atoms. The number of carbonyl (C=O) groups is 2. The lowest BCUT2D eigenvalue weighted by Crippen LogP contribution is -2.29. The molecule has 1 aromatic carbocycles. The number of amides is 1. The van der Waals surface area contributed by atoms with Crippen LogP contribution in [0.2, 0.25) is 0 Å². The summed E-state index contributed by atoms with van der Waals surface area (Å²) in [5.74, 6) is -0.802. The summed E-state index contributed by atoms with van der Waals surface area (Å²) in [4.78, 5) is 30.3. The average Bonchev–Trinajstić information content (AvgIpc) is 2.76. The van der Waals surface area contributed by atoms with Crippen molar-refractivity contribution in [3.05, 3.63) is 40.3 Å². The number of esters is 1. The number of hydrogen-bond donors (Lipinski definition) is 0. The van der Waals surface area contributed by atoms with E-state index in [1.54, 1.807) is 4.90 Å². The minimum atomic E-state index is -0.547. The SMILES string of the molecule is CCN=C1S/C(=C\C(=O)OC)C(=O)N1c1ccc(C)cc1C. The summed E-state index contributed by atoms with van der Waals surface area (Å²) < 4.78 is 4.60. The number of hydrogen-bond acceptors (Lipinski definition) is 5. The number of ether oxygens (including phenoxy) is 1. The lowest BCUT2D eigenvalue weighted by molar-refractivity contribution is -0.135. The van der Waals surface area contributed by atoms with Crippen molar-refractivity contribution in [3.63, 3.8) is 0 Å². The van der Waals surface area contributed by atoms with Crippen LogP contribution in [-0.4, -0.2) is 30.7 Å². The van der Waals surface area contributed by atoms with Gasteiger partial charge in [-0.05, 0) is 44.2 Å². The van der Waals surface area contributed by atoms with E-state index in [9.17, 15) is 9.59 Å². The van der Waals surface area contributed by atoms with Crippen LogP contribution < -0.4 is 4.90 Å². The number of nitrogens with zero attached hydrogens (tertiary/aromatic N) is 2. The molecule has 1 aromatic rings. The highest BCUT2D eigenvalue weighted by molar-refractivity contribution is 8.19. The van der Waals surface area contributed by atoms with Gasteiger partial charge in [-0.2, -0.15) is 0 Å². The highest BCUT2D eigenvalue weighted by Gasteiger charge is 2.35. The predicted octanol–water partition coefficient (Wildman–Crippen LogP) is 2.82. The first-order chi connectivity index (χ1) is 10.5. The van der Waals surface area contributed by atoms with Gasteiger partial charge in [0.25, 0.3) is 5.91 Å². The van der Waals surface area contributed by atoms with Crippen molar-refractivity contribution in [2.75, 3.05) is 18.6 Å². The lowest BCUT2D eigenvalue weighted by Gasteiger charge is -2.18. The second-order valence-corrected chi connectivity index (χ2v) is 5.83. The van der Waals surface area contributed by atoms with Crippen LogP contribution in [0.15, 0.2) is 34.2 Å². The molecule has 0 atom stereocenters. The predicted molar refractivity (Wildman–Crippen MR) is 89.1 cm³/mol. The summed E-state index contributed by atoms with van der Waals surface area (Å²) >= 11 is 1.19. The molecule has 1 fully saturated rings. The first kappa shape index (κ1) is 16.3. The van der Waals surface area contributed by atoms with Crippen LogP contribution in [0.3, 0.4) is 0 Å². The van der Waals surface area contributed by atoms with Crippen molar-refractivity contribution in [2.45, 2.75) is 20.8 Å². The molecule has 1 amide bonds. The van der Waals surface area contributed by atoms with E-state index < -0.39 is 5.97 Å². The van der Waals surface area contributed by atoms with Gasteiger partial charge in [0.1, 0.15) is 0 Å². The Bertz CT molecular complexity index is 680. The first-order valence-electron chi connectivity index (χ1n) is 6.91. The van der Waals surface area contributed by atoms with Gasteiger partial charge in [-0.25, -0.2) is 4.79 Å². The minimum absolute atomic E-state index is 0.255. The summed E-state index contributed by atoms with van der Waals surface area (Å²) in [6.45, 7) is 6.41. The first-order valence-corrected chi connectivity index (χ1v) is 7.73. The van der Waals surface area contributed by atoms with Crippen LogP contribution in [0.5, 0.6) is 0 Å². The standard InChI is InChI=1S/C16H18N2O3S/c1-5-17-16-18(12-7-6-10(2)8-11(12)3)15(20)13(22-16)9-14(19)21-4/h6-9H,5H2,1-4H3/b13-9-,17-16?. The highest BCUT2D eigenvalue weighted by Crippen LogP contribution is 2.36. The van der Waals surface area contributed by atoms with E-state index in [-0.39, 0.29) is 5.91 Å². The second-order valence-electron chi connectivity index (χ2n) is 4.82. The van der Waals surface area contributed by atoms with E-state index in [1.165, 1.54) is 24.9 Å². The topological polar surface area (TPSA) is 59.0 Å². The van der Waals surface area contributed by atoms with Gasteiger partial charge in [-0.3, -0.25) is 14.7 Å². The minimum Gasteiger partial charge on any atom is -0.466 e. The Balaban J connectivity index is 2.48. The molecule has 0 N–H and O–H groups in total. The van der Waals surface area contributed by atoms with Crippen LogP contribution in [0.1, 0.15) is 18.1 Å². The zero-order chi connectivity index (χ0) is 16.3. The summed E-state index contributed by atoms with van der Waals surface area (Å²) in [7, 11) is 1.28. The Kier molecular flexibility index (Phi) is 5.03. The third kappa shape index (κ3) is 3.22. The fraction of sp³-hybridized carbons (Fsp3) is 0.312. The molecule has 0 aromatic heterocycles. The third-order valence-electron chi connectivity index (χ3n) is 3.14. The highest BCUT2D eigenvalue weighted by atomic mass is 32.2. The molecular weight excluding hydrogens is 300 g/mol. The number of amidine groups is 1. The van der Waals surface area contributed by atoms with Crippen LogP contribution in [0.25, 0.3) is 0 Å². The van der Waals surface area contributed by atoms with Crippen molar-refractivity contribution < 1.29 is 14.3 Å². The fourth-order valence-electron chi connectivity index (χ4n) is 2.15. The molecule has 5 nitrogen and oxygen atoms in total. The maximum Gasteiger partial charge on any atom is 0.331 e. The van der Waals surface area contributed by atoms with E-state index in [4.69, 9.17) is 0 Å². The molecule has 0 unspecified atom stereocenters. The van der Waals surface area contributed by atoms with Crippen molar-refractivity contribution in [1.82, 2.24) is 0 Å². The molecule has 0 saturated carbocycles. The molecular formula is C16H18N2O3S. The molecule has 1 aliphatic heterocycles. The number of carbonyl (C=O) groups excluding carboxylic acids is 2. The van der Waals surface area contributed by atoms with E-state index in [1.807, 2.05) is 39.0 Å². The van der Waals surface area contributed by atoms with E-state index in [0.29, 0.717) is 16.6 Å². The van der Waals surface area contributed by atoms with Gasteiger partial charge in [0.2, 0.25) is 0 Å². The average molecular weight is 318 g/mol. The Labute approximate surface area is 134 Å². The van der Waals surface area contributed by atoms with Crippen molar-refractivity contribution in [1.29, 1.82) is 0 Å². The van der Waals surface area contributed by atoms with Crippen LogP contribution in [-0.2, 0) is 14.3 Å². The van der Waals surface area contributed by atoms with Gasteiger partial charge in [0.05, 0.1) is 17.7 Å². The number of aryl methyl sites for hydroxylation is 2. The summed E-state index contributed by atoms with van der Waals surface area (Å²) in [6, 6.07) is 5.86. The Morgan fingerprint density at radius 2 is 2.14 bits per heavy atom. The van der Waals surface area contributed by atoms with Crippen LogP contribution >= 0.6 is 11.8 Å². The molecule has 1 aliphatic rings. The Morgan fingerprint density at radius 3 is 2.73 bits per heavy atom. The zero-order valence-electron chi connectivity index (χ0n) is 13.0. The number of aliphatic imine (C=N–C) groups is 1. The second kappa shape index (κ2) is 6.79. The molecule has 116 valence electrons. The van der Waals surface area contributed by atoms with Gasteiger partial charge in [-0.15, -0.1) is 0 Å². The molecule has 1 saturated heterocycles. The van der Waals surface area contributed by atoms with Gasteiger partial charge in [-0.1, -0.05) is 17.7 Å². The maximum atomic E-state index is 12.6. The van der Waals surface area contributed by atoms with E-state index in [2.05, 4.69) is 9.73 Å². The normalized spacial score (nSPS) is 18.4. The molecule has 0 radical (unpaired) electrons. The number of anilines is 1. The van der Waals surface area contributed by atoms with Gasteiger partial charge in [0, 0.05) is 12.6 Å². The van der Waals surface area contributed by atoms with Gasteiger partial charge >= 0.3 is 5.97 Å². The van der Waals surface area contributed by atoms with Crippen LogP contribution in [0.4, 0.5) is 5.69 Å². The van der Waals surface area contributed by atoms with E-state index in [0.717, 1.165) is 16.8 Å². The van der Waals surface area contributed by atoms with E-state index >= 15 is 0 Å². The third-order valence-corrected chi connectivity index (χ3v) is 4.15. The maximum absolute atomic E-state index is 12.6. The fourth-order valence-corrected chi connectivity index (χ4v) is 3.15. The molecule has 0 aliphatic carbocycles. The molecule has 0 bridgehead atoms. The van der Waals surface area contributed by atoms with Gasteiger partial charge in [0.15, 0.2) is 5.17 Å². The Hall–Kier alpha value is -2.08. The zero-order valence-corrected chi connectivity index (χ0v) is 13.9. The molecule has 6 heteroatoms. The molecule has 1 heterocycles.